The molecule has 3 heterocycles. The molecule has 2 aromatic rings. The zero-order chi connectivity index (χ0) is 19.0. The molecule has 2 aliphatic rings. The lowest BCUT2D eigenvalue weighted by Gasteiger charge is -2.42. The molecule has 2 fully saturated rings. The minimum absolute atomic E-state index is 0.0120. The average Bonchev–Trinajstić information content (AvgIpc) is 3.34. The van der Waals surface area contributed by atoms with Gasteiger partial charge in [0, 0.05) is 29.9 Å². The summed E-state index contributed by atoms with van der Waals surface area (Å²) in [6.07, 6.45) is 0. The van der Waals surface area contributed by atoms with Gasteiger partial charge in [-0.25, -0.2) is 0 Å². The summed E-state index contributed by atoms with van der Waals surface area (Å²) in [4.78, 5) is 30.9. The van der Waals surface area contributed by atoms with Crippen LogP contribution in [-0.4, -0.2) is 53.5 Å². The lowest BCUT2D eigenvalue weighted by Crippen LogP contribution is -2.64. The molecule has 0 saturated carbocycles. The second kappa shape index (κ2) is 7.01. The zero-order valence-electron chi connectivity index (χ0n) is 14.8. The Morgan fingerprint density at radius 2 is 2.11 bits per heavy atom. The number of guanidine groups is 1. The van der Waals surface area contributed by atoms with E-state index >= 15 is 0 Å². The molecule has 6 nitrogen and oxygen atoms in total. The first kappa shape index (κ1) is 18.1. The van der Waals surface area contributed by atoms with Crippen molar-refractivity contribution in [3.63, 3.8) is 0 Å². The van der Waals surface area contributed by atoms with Gasteiger partial charge in [-0.15, -0.1) is 23.1 Å². The highest BCUT2D eigenvalue weighted by molar-refractivity contribution is 8.00. The first-order chi connectivity index (χ1) is 13.0. The molecule has 2 N–H and O–H groups in total. The average molecular weight is 401 g/mol. The number of hydrogen-bond acceptors (Lipinski definition) is 5. The van der Waals surface area contributed by atoms with E-state index in [4.69, 9.17) is 5.41 Å². The minimum Gasteiger partial charge on any atom is -0.343 e. The van der Waals surface area contributed by atoms with Gasteiger partial charge in [0.15, 0.2) is 5.96 Å². The predicted octanol–water partition coefficient (Wildman–Crippen LogP) is 2.19. The topological polar surface area (TPSA) is 76.5 Å². The molecule has 2 saturated heterocycles. The van der Waals surface area contributed by atoms with Crippen LogP contribution in [0.15, 0.2) is 52.7 Å². The van der Waals surface area contributed by atoms with Crippen LogP contribution in [0, 0.1) is 11.3 Å². The predicted molar refractivity (Wildman–Crippen MR) is 107 cm³/mol. The molecule has 2 atom stereocenters. The Labute approximate surface area is 166 Å². The van der Waals surface area contributed by atoms with Crippen molar-refractivity contribution in [1.82, 2.24) is 15.1 Å². The number of nitrogens with zero attached hydrogens (tertiary/aromatic N) is 2. The molecule has 0 bridgehead atoms. The number of rotatable bonds is 4. The number of amides is 2. The SMILES string of the molecule is CN1C(=N)NC2(c3cccs3)CN(C(=O)CSc3ccccc3)CC2C1=O. The Morgan fingerprint density at radius 1 is 1.33 bits per heavy atom. The monoisotopic (exact) mass is 400 g/mol. The smallest absolute Gasteiger partial charge is 0.236 e. The van der Waals surface area contributed by atoms with Gasteiger partial charge < -0.3 is 10.2 Å². The van der Waals surface area contributed by atoms with Crippen LogP contribution in [-0.2, 0) is 15.1 Å². The van der Waals surface area contributed by atoms with Crippen molar-refractivity contribution in [1.29, 1.82) is 5.41 Å². The van der Waals surface area contributed by atoms with Crippen molar-refractivity contribution in [3.8, 4) is 0 Å². The lowest BCUT2D eigenvalue weighted by atomic mass is 9.83. The van der Waals surface area contributed by atoms with Gasteiger partial charge in [-0.2, -0.15) is 0 Å². The second-order valence-electron chi connectivity index (χ2n) is 6.75. The summed E-state index contributed by atoms with van der Waals surface area (Å²) in [5.74, 6) is -0.0756. The maximum absolute atomic E-state index is 12.9. The standard InChI is InChI=1S/C19H20N4O2S2/c1-22-17(25)14-10-23(16(24)11-27-13-6-3-2-4-7-13)12-19(14,21-18(22)20)15-8-5-9-26-15/h2-9,14H,10-12H2,1H3,(H2,20,21). The van der Waals surface area contributed by atoms with Crippen LogP contribution >= 0.6 is 23.1 Å². The van der Waals surface area contributed by atoms with E-state index < -0.39 is 5.54 Å². The largest absolute Gasteiger partial charge is 0.343 e. The summed E-state index contributed by atoms with van der Waals surface area (Å²) < 4.78 is 0. The number of carbonyl (C=O) groups is 2. The van der Waals surface area contributed by atoms with E-state index in [0.29, 0.717) is 18.8 Å². The molecule has 140 valence electrons. The third-order valence-electron chi connectivity index (χ3n) is 5.16. The number of benzene rings is 1. The van der Waals surface area contributed by atoms with Crippen LogP contribution in [0.25, 0.3) is 0 Å². The van der Waals surface area contributed by atoms with Crippen molar-refractivity contribution < 1.29 is 9.59 Å². The number of nitrogens with one attached hydrogen (secondary N) is 2. The molecule has 0 radical (unpaired) electrons. The van der Waals surface area contributed by atoms with Gasteiger partial charge in [-0.3, -0.25) is 19.9 Å². The fraction of sp³-hybridized carbons (Fsp3) is 0.316. The highest BCUT2D eigenvalue weighted by atomic mass is 32.2. The molecule has 1 aromatic carbocycles. The third-order valence-corrected chi connectivity index (χ3v) is 7.21. The van der Waals surface area contributed by atoms with E-state index in [-0.39, 0.29) is 23.7 Å². The Morgan fingerprint density at radius 3 is 2.81 bits per heavy atom. The van der Waals surface area contributed by atoms with E-state index in [0.717, 1.165) is 9.77 Å². The van der Waals surface area contributed by atoms with Crippen molar-refractivity contribution >= 4 is 40.9 Å². The molecule has 4 rings (SSSR count). The quantitative estimate of drug-likeness (QED) is 0.772. The summed E-state index contributed by atoms with van der Waals surface area (Å²) in [5, 5.41) is 13.4. The number of likely N-dealkylation sites (tertiary alicyclic amines) is 1. The molecule has 2 aliphatic heterocycles. The zero-order valence-corrected chi connectivity index (χ0v) is 16.5. The van der Waals surface area contributed by atoms with Gasteiger partial charge in [0.25, 0.3) is 0 Å². The van der Waals surface area contributed by atoms with E-state index in [9.17, 15) is 9.59 Å². The number of hydrogen-bond donors (Lipinski definition) is 2. The molecule has 1 aromatic heterocycles. The number of carbonyl (C=O) groups excluding carboxylic acids is 2. The maximum atomic E-state index is 12.9. The van der Waals surface area contributed by atoms with Crippen molar-refractivity contribution in [2.75, 3.05) is 25.9 Å². The van der Waals surface area contributed by atoms with Gasteiger partial charge in [0.1, 0.15) is 5.54 Å². The third kappa shape index (κ3) is 3.12. The van der Waals surface area contributed by atoms with Crippen molar-refractivity contribution in [3.05, 3.63) is 52.7 Å². The van der Waals surface area contributed by atoms with Crippen LogP contribution in [0.4, 0.5) is 0 Å². The summed E-state index contributed by atoms with van der Waals surface area (Å²) in [6.45, 7) is 0.768. The fourth-order valence-electron chi connectivity index (χ4n) is 3.69. The number of thiophene rings is 1. The van der Waals surface area contributed by atoms with Crippen LogP contribution in [0.5, 0.6) is 0 Å². The summed E-state index contributed by atoms with van der Waals surface area (Å²) in [7, 11) is 1.60. The first-order valence-corrected chi connectivity index (χ1v) is 10.5. The first-order valence-electron chi connectivity index (χ1n) is 8.65. The molecular formula is C19H20N4O2S2. The maximum Gasteiger partial charge on any atom is 0.236 e. The molecule has 8 heteroatoms. The minimum atomic E-state index is -0.706. The highest BCUT2D eigenvalue weighted by Crippen LogP contribution is 2.42. The van der Waals surface area contributed by atoms with Crippen LogP contribution in [0.3, 0.4) is 0 Å². The summed E-state index contributed by atoms with van der Waals surface area (Å²) in [5.41, 5.74) is -0.706. The Hall–Kier alpha value is -2.32. The lowest BCUT2D eigenvalue weighted by molar-refractivity contribution is -0.134. The molecular weight excluding hydrogens is 380 g/mol. The fourth-order valence-corrected chi connectivity index (χ4v) is 5.44. The normalized spacial score (nSPS) is 24.7. The van der Waals surface area contributed by atoms with Crippen LogP contribution in [0.1, 0.15) is 4.88 Å². The Balaban J connectivity index is 1.56. The van der Waals surface area contributed by atoms with Crippen molar-refractivity contribution in [2.45, 2.75) is 10.4 Å². The van der Waals surface area contributed by atoms with Crippen LogP contribution < -0.4 is 5.32 Å². The van der Waals surface area contributed by atoms with E-state index in [2.05, 4.69) is 5.32 Å². The van der Waals surface area contributed by atoms with E-state index in [1.165, 1.54) is 16.7 Å². The molecule has 0 spiro atoms. The Kier molecular flexibility index (Phi) is 4.69. The van der Waals surface area contributed by atoms with Crippen molar-refractivity contribution in [2.24, 2.45) is 5.92 Å². The van der Waals surface area contributed by atoms with Gasteiger partial charge >= 0.3 is 0 Å². The molecule has 2 amide bonds. The number of fused-ring (bicyclic) bond motifs is 1. The summed E-state index contributed by atoms with van der Waals surface area (Å²) >= 11 is 3.05. The second-order valence-corrected chi connectivity index (χ2v) is 8.74. The van der Waals surface area contributed by atoms with E-state index in [1.54, 1.807) is 23.3 Å². The number of thioether (sulfide) groups is 1. The van der Waals surface area contributed by atoms with Gasteiger partial charge in [0.05, 0.1) is 11.7 Å². The molecule has 2 unspecified atom stereocenters. The molecule has 0 aliphatic carbocycles. The van der Waals surface area contributed by atoms with Gasteiger partial charge in [0.2, 0.25) is 11.8 Å². The van der Waals surface area contributed by atoms with Gasteiger partial charge in [-0.05, 0) is 23.6 Å². The van der Waals surface area contributed by atoms with Gasteiger partial charge in [-0.1, -0.05) is 24.3 Å². The molecule has 27 heavy (non-hydrogen) atoms. The van der Waals surface area contributed by atoms with E-state index in [1.807, 2.05) is 47.8 Å². The van der Waals surface area contributed by atoms with Crippen LogP contribution in [0.2, 0.25) is 0 Å². The highest BCUT2D eigenvalue weighted by Gasteiger charge is 2.57. The summed E-state index contributed by atoms with van der Waals surface area (Å²) in [6, 6.07) is 13.7. The Bertz CT molecular complexity index is 871.